The summed E-state index contributed by atoms with van der Waals surface area (Å²) in [6.07, 6.45) is 0.610. The zero-order valence-corrected chi connectivity index (χ0v) is 13.2. The van der Waals surface area contributed by atoms with Crippen molar-refractivity contribution in [2.75, 3.05) is 13.1 Å². The average molecular weight is 315 g/mol. The Morgan fingerprint density at radius 1 is 1.38 bits per heavy atom. The molecule has 0 unspecified atom stereocenters. The number of nitrogens with zero attached hydrogens (tertiary/aromatic N) is 1. The molecule has 0 bridgehead atoms. The molecule has 0 spiro atoms. The van der Waals surface area contributed by atoms with E-state index in [2.05, 4.69) is 5.32 Å². The van der Waals surface area contributed by atoms with Crippen LogP contribution >= 0.6 is 11.6 Å². The van der Waals surface area contributed by atoms with Crippen LogP contribution in [-0.4, -0.2) is 35.8 Å². The first-order chi connectivity index (χ1) is 9.82. The SMILES string of the molecule is CC(=O)N(CCCNC(=O)c1ccc(Cl)cc1F)C(C)C. The van der Waals surface area contributed by atoms with Crippen LogP contribution in [0.2, 0.25) is 5.02 Å². The van der Waals surface area contributed by atoms with E-state index in [1.807, 2.05) is 13.8 Å². The van der Waals surface area contributed by atoms with Gasteiger partial charge in [0, 0.05) is 31.1 Å². The second-order valence-electron chi connectivity index (χ2n) is 5.04. The van der Waals surface area contributed by atoms with Gasteiger partial charge in [0.1, 0.15) is 5.82 Å². The molecule has 0 radical (unpaired) electrons. The summed E-state index contributed by atoms with van der Waals surface area (Å²) in [5, 5.41) is 2.88. The number of rotatable bonds is 6. The minimum Gasteiger partial charge on any atom is -0.352 e. The Balaban J connectivity index is 2.45. The predicted octanol–water partition coefficient (Wildman–Crippen LogP) is 2.86. The van der Waals surface area contributed by atoms with Crippen LogP contribution in [0.1, 0.15) is 37.6 Å². The summed E-state index contributed by atoms with van der Waals surface area (Å²) in [5.41, 5.74) is -0.0355. The highest BCUT2D eigenvalue weighted by atomic mass is 35.5. The lowest BCUT2D eigenvalue weighted by molar-refractivity contribution is -0.130. The smallest absolute Gasteiger partial charge is 0.254 e. The molecular weight excluding hydrogens is 295 g/mol. The number of benzene rings is 1. The fourth-order valence-corrected chi connectivity index (χ4v) is 2.16. The molecule has 0 aliphatic carbocycles. The maximum atomic E-state index is 13.6. The predicted molar refractivity (Wildman–Crippen MR) is 80.9 cm³/mol. The molecule has 116 valence electrons. The Morgan fingerprint density at radius 2 is 2.05 bits per heavy atom. The lowest BCUT2D eigenvalue weighted by Crippen LogP contribution is -2.37. The highest BCUT2D eigenvalue weighted by Crippen LogP contribution is 2.14. The molecule has 1 aromatic carbocycles. The van der Waals surface area contributed by atoms with Gasteiger partial charge in [-0.15, -0.1) is 0 Å². The van der Waals surface area contributed by atoms with E-state index in [1.54, 1.807) is 4.90 Å². The molecule has 21 heavy (non-hydrogen) atoms. The molecule has 0 saturated heterocycles. The van der Waals surface area contributed by atoms with E-state index < -0.39 is 11.7 Å². The van der Waals surface area contributed by atoms with Gasteiger partial charge < -0.3 is 10.2 Å². The van der Waals surface area contributed by atoms with Gasteiger partial charge in [0.2, 0.25) is 5.91 Å². The number of hydrogen-bond donors (Lipinski definition) is 1. The van der Waals surface area contributed by atoms with Gasteiger partial charge in [0.05, 0.1) is 5.56 Å². The van der Waals surface area contributed by atoms with Crippen LogP contribution in [0.25, 0.3) is 0 Å². The van der Waals surface area contributed by atoms with E-state index in [4.69, 9.17) is 11.6 Å². The van der Waals surface area contributed by atoms with Gasteiger partial charge in [-0.2, -0.15) is 0 Å². The van der Waals surface area contributed by atoms with Crippen molar-refractivity contribution in [1.82, 2.24) is 10.2 Å². The van der Waals surface area contributed by atoms with Crippen LogP contribution < -0.4 is 5.32 Å². The summed E-state index contributed by atoms with van der Waals surface area (Å²) in [4.78, 5) is 24.9. The molecule has 2 amide bonds. The van der Waals surface area contributed by atoms with Gasteiger partial charge >= 0.3 is 0 Å². The van der Waals surface area contributed by atoms with Crippen LogP contribution in [0.3, 0.4) is 0 Å². The standard InChI is InChI=1S/C15H20ClFN2O2/c1-10(2)19(11(3)20)8-4-7-18-15(21)13-6-5-12(16)9-14(13)17/h5-6,9-10H,4,7-8H2,1-3H3,(H,18,21). The molecule has 0 heterocycles. The van der Waals surface area contributed by atoms with Crippen molar-refractivity contribution in [3.8, 4) is 0 Å². The lowest BCUT2D eigenvalue weighted by atomic mass is 10.2. The Morgan fingerprint density at radius 3 is 2.57 bits per heavy atom. The molecular formula is C15H20ClFN2O2. The van der Waals surface area contributed by atoms with Gasteiger partial charge in [-0.25, -0.2) is 4.39 Å². The Kier molecular flexibility index (Phi) is 6.62. The van der Waals surface area contributed by atoms with Gasteiger partial charge in [0.15, 0.2) is 0 Å². The second kappa shape index (κ2) is 7.98. The first kappa shape index (κ1) is 17.4. The third-order valence-electron chi connectivity index (χ3n) is 3.06. The zero-order valence-electron chi connectivity index (χ0n) is 12.5. The number of halogens is 2. The molecule has 0 aliphatic rings. The number of carbonyl (C=O) groups is 2. The monoisotopic (exact) mass is 314 g/mol. The first-order valence-corrected chi connectivity index (χ1v) is 7.21. The second-order valence-corrected chi connectivity index (χ2v) is 5.48. The van der Waals surface area contributed by atoms with E-state index in [0.29, 0.717) is 19.5 Å². The molecule has 0 saturated carbocycles. The van der Waals surface area contributed by atoms with E-state index in [1.165, 1.54) is 19.1 Å². The summed E-state index contributed by atoms with van der Waals surface area (Å²) < 4.78 is 13.6. The van der Waals surface area contributed by atoms with E-state index in [9.17, 15) is 14.0 Å². The van der Waals surface area contributed by atoms with Crippen molar-refractivity contribution in [3.05, 3.63) is 34.6 Å². The molecule has 1 aromatic rings. The van der Waals surface area contributed by atoms with Crippen molar-refractivity contribution >= 4 is 23.4 Å². The van der Waals surface area contributed by atoms with Gasteiger partial charge in [0.25, 0.3) is 5.91 Å². The van der Waals surface area contributed by atoms with Crippen molar-refractivity contribution < 1.29 is 14.0 Å². The summed E-state index contributed by atoms with van der Waals surface area (Å²) in [7, 11) is 0. The van der Waals surface area contributed by atoms with Crippen LogP contribution in [0.5, 0.6) is 0 Å². The maximum absolute atomic E-state index is 13.6. The van der Waals surface area contributed by atoms with Gasteiger partial charge in [-0.05, 0) is 38.5 Å². The van der Waals surface area contributed by atoms with Gasteiger partial charge in [-0.3, -0.25) is 9.59 Å². The normalized spacial score (nSPS) is 10.6. The van der Waals surface area contributed by atoms with Crippen molar-refractivity contribution in [2.45, 2.75) is 33.2 Å². The molecule has 6 heteroatoms. The van der Waals surface area contributed by atoms with E-state index >= 15 is 0 Å². The van der Waals surface area contributed by atoms with Crippen molar-refractivity contribution in [3.63, 3.8) is 0 Å². The fraction of sp³-hybridized carbons (Fsp3) is 0.467. The maximum Gasteiger partial charge on any atom is 0.254 e. The average Bonchev–Trinajstić information content (AvgIpc) is 2.37. The number of hydrogen-bond acceptors (Lipinski definition) is 2. The zero-order chi connectivity index (χ0) is 16.0. The molecule has 0 aliphatic heterocycles. The number of carbonyl (C=O) groups excluding carboxylic acids is 2. The van der Waals surface area contributed by atoms with E-state index in [0.717, 1.165) is 6.07 Å². The first-order valence-electron chi connectivity index (χ1n) is 6.83. The lowest BCUT2D eigenvalue weighted by Gasteiger charge is -2.25. The van der Waals surface area contributed by atoms with Crippen LogP contribution in [-0.2, 0) is 4.79 Å². The minimum atomic E-state index is -0.646. The van der Waals surface area contributed by atoms with Crippen LogP contribution in [0.4, 0.5) is 4.39 Å². The Bertz CT molecular complexity index is 520. The highest BCUT2D eigenvalue weighted by molar-refractivity contribution is 6.30. The largest absolute Gasteiger partial charge is 0.352 e. The number of amides is 2. The van der Waals surface area contributed by atoms with E-state index in [-0.39, 0.29) is 22.5 Å². The topological polar surface area (TPSA) is 49.4 Å². The molecule has 1 rings (SSSR count). The molecule has 0 atom stereocenters. The fourth-order valence-electron chi connectivity index (χ4n) is 2.00. The van der Waals surface area contributed by atoms with Crippen molar-refractivity contribution in [2.24, 2.45) is 0 Å². The minimum absolute atomic E-state index is 0.0000669. The summed E-state index contributed by atoms with van der Waals surface area (Å²) in [6.45, 7) is 6.31. The number of nitrogens with one attached hydrogen (secondary N) is 1. The molecule has 0 aromatic heterocycles. The third kappa shape index (κ3) is 5.34. The van der Waals surface area contributed by atoms with Gasteiger partial charge in [-0.1, -0.05) is 11.6 Å². The quantitative estimate of drug-likeness (QED) is 0.821. The molecule has 1 N–H and O–H groups in total. The molecule has 0 fully saturated rings. The van der Waals surface area contributed by atoms with Crippen molar-refractivity contribution in [1.29, 1.82) is 0 Å². The summed E-state index contributed by atoms with van der Waals surface area (Å²) in [6, 6.07) is 4.04. The van der Waals surface area contributed by atoms with Crippen LogP contribution in [0, 0.1) is 5.82 Å². The van der Waals surface area contributed by atoms with Crippen LogP contribution in [0.15, 0.2) is 18.2 Å². The summed E-state index contributed by atoms with van der Waals surface area (Å²) >= 11 is 5.63. The highest BCUT2D eigenvalue weighted by Gasteiger charge is 2.13. The molecule has 4 nitrogen and oxygen atoms in total. The third-order valence-corrected chi connectivity index (χ3v) is 3.30. The Hall–Kier alpha value is -1.62. The Labute approximate surface area is 129 Å². The summed E-state index contributed by atoms with van der Waals surface area (Å²) in [5.74, 6) is -1.13.